The predicted octanol–water partition coefficient (Wildman–Crippen LogP) is 1.03. The van der Waals surface area contributed by atoms with Crippen molar-refractivity contribution in [1.29, 1.82) is 0 Å². The van der Waals surface area contributed by atoms with Crippen molar-refractivity contribution < 1.29 is 14.6 Å². The van der Waals surface area contributed by atoms with Crippen LogP contribution in [-0.2, 0) is 6.42 Å². The van der Waals surface area contributed by atoms with E-state index in [9.17, 15) is 9.90 Å². The van der Waals surface area contributed by atoms with Crippen molar-refractivity contribution in [3.8, 4) is 5.75 Å². The second-order valence-electron chi connectivity index (χ2n) is 3.25. The number of aliphatic hydroxyl groups is 1. The van der Waals surface area contributed by atoms with Crippen molar-refractivity contribution in [3.63, 3.8) is 0 Å². The van der Waals surface area contributed by atoms with Crippen LogP contribution in [0.15, 0.2) is 33.5 Å². The van der Waals surface area contributed by atoms with E-state index in [0.29, 0.717) is 17.4 Å². The van der Waals surface area contributed by atoms with Crippen LogP contribution in [0.4, 0.5) is 0 Å². The fourth-order valence-corrected chi connectivity index (χ4v) is 1.47. The summed E-state index contributed by atoms with van der Waals surface area (Å²) < 4.78 is 4.93. The number of hydrogen-bond donors (Lipinski definition) is 2. The Hall–Kier alpha value is -1.81. The van der Waals surface area contributed by atoms with Crippen LogP contribution in [0.2, 0.25) is 0 Å². The zero-order valence-electron chi connectivity index (χ0n) is 7.93. The zero-order valence-corrected chi connectivity index (χ0v) is 7.93. The summed E-state index contributed by atoms with van der Waals surface area (Å²) in [4.78, 5) is 11.0. The zero-order chi connectivity index (χ0) is 10.8. The minimum atomic E-state index is -0.582. The molecule has 0 unspecified atom stereocenters. The van der Waals surface area contributed by atoms with Gasteiger partial charge in [0, 0.05) is 6.61 Å². The third-order valence-corrected chi connectivity index (χ3v) is 2.19. The number of fused-ring (bicyclic) bond motifs is 1. The van der Waals surface area contributed by atoms with Crippen molar-refractivity contribution in [2.24, 2.45) is 0 Å². The molecule has 0 aliphatic rings. The van der Waals surface area contributed by atoms with Gasteiger partial charge in [0.15, 0.2) is 0 Å². The van der Waals surface area contributed by atoms with E-state index in [0.717, 1.165) is 11.6 Å². The maximum Gasteiger partial charge on any atom is 0.339 e. The Morgan fingerprint density at radius 1 is 1.27 bits per heavy atom. The molecule has 0 saturated carbocycles. The molecule has 0 atom stereocenters. The summed E-state index contributed by atoms with van der Waals surface area (Å²) in [5, 5.41) is 18.7. The highest BCUT2D eigenvalue weighted by atomic mass is 16.4. The first-order chi connectivity index (χ1) is 7.20. The molecule has 4 nitrogen and oxygen atoms in total. The second kappa shape index (κ2) is 3.74. The molecule has 1 heterocycles. The van der Waals surface area contributed by atoms with Gasteiger partial charge in [-0.3, -0.25) is 0 Å². The number of hydrogen-bond acceptors (Lipinski definition) is 4. The maximum atomic E-state index is 11.0. The van der Waals surface area contributed by atoms with Gasteiger partial charge in [0.2, 0.25) is 0 Å². The monoisotopic (exact) mass is 206 g/mol. The van der Waals surface area contributed by atoms with Gasteiger partial charge < -0.3 is 14.6 Å². The van der Waals surface area contributed by atoms with Gasteiger partial charge in [0.1, 0.15) is 11.3 Å². The quantitative estimate of drug-likeness (QED) is 0.720. The van der Waals surface area contributed by atoms with Crippen LogP contribution in [0.25, 0.3) is 11.0 Å². The molecule has 0 bridgehead atoms. The van der Waals surface area contributed by atoms with Gasteiger partial charge in [-0.05, 0) is 24.1 Å². The Bertz CT molecular complexity index is 542. The van der Waals surface area contributed by atoms with Crippen molar-refractivity contribution in [2.45, 2.75) is 6.42 Å². The smallest absolute Gasteiger partial charge is 0.339 e. The van der Waals surface area contributed by atoms with Crippen LogP contribution in [0.3, 0.4) is 0 Å². The molecule has 0 aliphatic heterocycles. The number of aromatic hydroxyl groups is 1. The molecule has 0 aliphatic carbocycles. The van der Waals surface area contributed by atoms with Crippen molar-refractivity contribution in [1.82, 2.24) is 0 Å². The van der Waals surface area contributed by atoms with Crippen LogP contribution in [-0.4, -0.2) is 16.8 Å². The number of rotatable bonds is 2. The van der Waals surface area contributed by atoms with Gasteiger partial charge in [0.05, 0.1) is 11.5 Å². The molecule has 0 amide bonds. The average Bonchev–Trinajstić information content (AvgIpc) is 2.17. The van der Waals surface area contributed by atoms with E-state index in [2.05, 4.69) is 0 Å². The van der Waals surface area contributed by atoms with E-state index in [1.54, 1.807) is 18.2 Å². The molecule has 4 heteroatoms. The molecule has 78 valence electrons. The summed E-state index contributed by atoms with van der Waals surface area (Å²) in [6, 6.07) is 6.12. The van der Waals surface area contributed by atoms with Crippen molar-refractivity contribution >= 4 is 11.0 Å². The summed E-state index contributed by atoms with van der Waals surface area (Å²) in [7, 11) is 0. The van der Waals surface area contributed by atoms with Crippen LogP contribution in [0.1, 0.15) is 5.56 Å². The lowest BCUT2D eigenvalue weighted by Crippen LogP contribution is -1.96. The molecule has 0 fully saturated rings. The Morgan fingerprint density at radius 2 is 2.07 bits per heavy atom. The lowest BCUT2D eigenvalue weighted by atomic mass is 10.1. The first kappa shape index (κ1) is 9.73. The standard InChI is InChI=1S/C11H10O4/c12-4-3-7-1-2-8-9(13)6-11(14)15-10(8)5-7/h1-2,5-6,12-13H,3-4H2. The topological polar surface area (TPSA) is 70.7 Å². The fourth-order valence-electron chi connectivity index (χ4n) is 1.47. The molecule has 0 saturated heterocycles. The highest BCUT2D eigenvalue weighted by Gasteiger charge is 2.04. The first-order valence-corrected chi connectivity index (χ1v) is 4.57. The van der Waals surface area contributed by atoms with Crippen LogP contribution in [0.5, 0.6) is 5.75 Å². The van der Waals surface area contributed by atoms with Gasteiger partial charge in [-0.2, -0.15) is 0 Å². The Kier molecular flexibility index (Phi) is 2.43. The first-order valence-electron chi connectivity index (χ1n) is 4.57. The predicted molar refractivity (Wildman–Crippen MR) is 54.9 cm³/mol. The van der Waals surface area contributed by atoms with Gasteiger partial charge in [-0.25, -0.2) is 4.79 Å². The molecule has 0 radical (unpaired) electrons. The third kappa shape index (κ3) is 1.85. The van der Waals surface area contributed by atoms with Gasteiger partial charge in [-0.15, -0.1) is 0 Å². The minimum Gasteiger partial charge on any atom is -0.507 e. The van der Waals surface area contributed by atoms with E-state index in [1.807, 2.05) is 0 Å². The molecule has 2 N–H and O–H groups in total. The van der Waals surface area contributed by atoms with Crippen molar-refractivity contribution in [2.75, 3.05) is 6.61 Å². The number of benzene rings is 1. The summed E-state index contributed by atoms with van der Waals surface area (Å²) in [5.74, 6) is -0.0863. The normalized spacial score (nSPS) is 10.7. The van der Waals surface area contributed by atoms with E-state index >= 15 is 0 Å². The molecule has 2 rings (SSSR count). The highest BCUT2D eigenvalue weighted by Crippen LogP contribution is 2.23. The maximum absolute atomic E-state index is 11.0. The van der Waals surface area contributed by atoms with Crippen molar-refractivity contribution in [3.05, 3.63) is 40.2 Å². The van der Waals surface area contributed by atoms with Crippen LogP contribution >= 0.6 is 0 Å². The minimum absolute atomic E-state index is 0.0363. The molecule has 0 spiro atoms. The van der Waals surface area contributed by atoms with Crippen LogP contribution in [0, 0.1) is 0 Å². The lowest BCUT2D eigenvalue weighted by molar-refractivity contribution is 0.299. The van der Waals surface area contributed by atoms with E-state index in [-0.39, 0.29) is 12.4 Å². The third-order valence-electron chi connectivity index (χ3n) is 2.19. The summed E-state index contributed by atoms with van der Waals surface area (Å²) in [5.41, 5.74) is 0.617. The Balaban J connectivity index is 2.65. The van der Waals surface area contributed by atoms with Gasteiger partial charge in [0.25, 0.3) is 0 Å². The van der Waals surface area contributed by atoms with Gasteiger partial charge >= 0.3 is 5.63 Å². The van der Waals surface area contributed by atoms with Gasteiger partial charge in [-0.1, -0.05) is 6.07 Å². The van der Waals surface area contributed by atoms with E-state index < -0.39 is 5.63 Å². The Labute approximate surface area is 85.4 Å². The molecule has 2 aromatic rings. The van der Waals surface area contributed by atoms with Crippen LogP contribution < -0.4 is 5.63 Å². The Morgan fingerprint density at radius 3 is 2.80 bits per heavy atom. The molecule has 1 aromatic carbocycles. The molecular formula is C11H10O4. The summed E-state index contributed by atoms with van der Waals surface area (Å²) >= 11 is 0. The number of aliphatic hydroxyl groups excluding tert-OH is 1. The molecular weight excluding hydrogens is 196 g/mol. The van der Waals surface area contributed by atoms with E-state index in [1.165, 1.54) is 0 Å². The molecule has 1 aromatic heterocycles. The molecule has 15 heavy (non-hydrogen) atoms. The largest absolute Gasteiger partial charge is 0.507 e. The second-order valence-corrected chi connectivity index (χ2v) is 3.25. The highest BCUT2D eigenvalue weighted by molar-refractivity contribution is 5.83. The average molecular weight is 206 g/mol. The summed E-state index contributed by atoms with van der Waals surface area (Å²) in [6.07, 6.45) is 0.495. The summed E-state index contributed by atoms with van der Waals surface area (Å²) in [6.45, 7) is 0.0363. The lowest BCUT2D eigenvalue weighted by Gasteiger charge is -2.01. The fraction of sp³-hybridized carbons (Fsp3) is 0.182. The van der Waals surface area contributed by atoms with E-state index in [4.69, 9.17) is 9.52 Å². The SMILES string of the molecule is O=c1cc(O)c2ccc(CCO)cc2o1.